The second kappa shape index (κ2) is 5.31. The average molecular weight is 302 g/mol. The summed E-state index contributed by atoms with van der Waals surface area (Å²) in [7, 11) is 0. The van der Waals surface area contributed by atoms with Crippen molar-refractivity contribution in [2.75, 3.05) is 13.2 Å². The molecule has 0 amide bonds. The van der Waals surface area contributed by atoms with Gasteiger partial charge in [0.2, 0.25) is 0 Å². The van der Waals surface area contributed by atoms with Crippen molar-refractivity contribution in [3.05, 3.63) is 23.3 Å². The van der Waals surface area contributed by atoms with Gasteiger partial charge in [0.15, 0.2) is 11.6 Å². The smallest absolute Gasteiger partial charge is 0.172 e. The molecule has 3 nitrogen and oxygen atoms in total. The Bertz CT molecular complexity index is 537. The Balaban J connectivity index is 1.78. The third-order valence-corrected chi connectivity index (χ3v) is 6.14. The van der Waals surface area contributed by atoms with Gasteiger partial charge in [-0.2, -0.15) is 0 Å². The van der Waals surface area contributed by atoms with E-state index in [-0.39, 0.29) is 5.92 Å². The van der Waals surface area contributed by atoms with Gasteiger partial charge in [-0.3, -0.25) is 4.79 Å². The van der Waals surface area contributed by atoms with Crippen LogP contribution < -0.4 is 0 Å². The molecule has 4 aliphatic rings. The van der Waals surface area contributed by atoms with Crippen LogP contribution >= 0.6 is 0 Å². The maximum absolute atomic E-state index is 12.8. The van der Waals surface area contributed by atoms with Gasteiger partial charge in [-0.05, 0) is 36.7 Å². The van der Waals surface area contributed by atoms with Crippen LogP contribution in [-0.2, 0) is 14.3 Å². The van der Waals surface area contributed by atoms with E-state index < -0.39 is 5.79 Å². The molecule has 1 saturated heterocycles. The molecule has 0 unspecified atom stereocenters. The van der Waals surface area contributed by atoms with Crippen LogP contribution in [0.15, 0.2) is 23.3 Å². The summed E-state index contributed by atoms with van der Waals surface area (Å²) in [5, 5.41) is 0. The van der Waals surface area contributed by atoms with Crippen molar-refractivity contribution < 1.29 is 14.3 Å². The molecule has 3 heteroatoms. The van der Waals surface area contributed by atoms with E-state index >= 15 is 0 Å². The highest BCUT2D eigenvalue weighted by Gasteiger charge is 2.53. The summed E-state index contributed by atoms with van der Waals surface area (Å²) < 4.78 is 12.2. The van der Waals surface area contributed by atoms with E-state index in [0.717, 1.165) is 31.3 Å². The van der Waals surface area contributed by atoms with Crippen LogP contribution in [0.1, 0.15) is 46.0 Å². The molecule has 1 fully saturated rings. The predicted octanol–water partition coefficient (Wildman–Crippen LogP) is 3.65. The monoisotopic (exact) mass is 302 g/mol. The summed E-state index contributed by atoms with van der Waals surface area (Å²) in [6.07, 6.45) is 9.21. The van der Waals surface area contributed by atoms with Gasteiger partial charge in [0.05, 0.1) is 13.2 Å². The highest BCUT2D eigenvalue weighted by molar-refractivity contribution is 5.98. The molecule has 1 heterocycles. The normalized spacial score (nSPS) is 36.9. The second-order valence-electron chi connectivity index (χ2n) is 7.56. The van der Waals surface area contributed by atoms with Crippen LogP contribution in [0.2, 0.25) is 0 Å². The number of carbonyl (C=O) groups excluding carboxylic acids is 1. The Morgan fingerprint density at radius 2 is 2.05 bits per heavy atom. The average Bonchev–Trinajstić information content (AvgIpc) is 3.08. The summed E-state index contributed by atoms with van der Waals surface area (Å²) in [5.74, 6) is 1.48. The van der Waals surface area contributed by atoms with E-state index in [1.54, 1.807) is 0 Å². The molecule has 0 aromatic rings. The standard InChI is InChI=1S/C19H26O3/c1-12(2)13-6-7-15-17(20)11-16-14(18(13)15)5-3-4-8-19(16)21-9-10-22-19/h3,5,12-14,16H,4,6-11H2,1-2H3/t13-,14+,16+/m1/s1. The van der Waals surface area contributed by atoms with Gasteiger partial charge in [-0.25, -0.2) is 0 Å². The molecule has 0 bridgehead atoms. The number of fused-ring (bicyclic) bond motifs is 3. The van der Waals surface area contributed by atoms with Gasteiger partial charge in [0.1, 0.15) is 0 Å². The van der Waals surface area contributed by atoms with E-state index in [2.05, 4.69) is 26.0 Å². The number of rotatable bonds is 1. The topological polar surface area (TPSA) is 35.5 Å². The molecule has 1 aliphatic heterocycles. The first-order valence-electron chi connectivity index (χ1n) is 8.83. The van der Waals surface area contributed by atoms with Crippen molar-refractivity contribution in [2.45, 2.75) is 51.7 Å². The third-order valence-electron chi connectivity index (χ3n) is 6.14. The predicted molar refractivity (Wildman–Crippen MR) is 84.2 cm³/mol. The third kappa shape index (κ3) is 2.05. The summed E-state index contributed by atoms with van der Waals surface area (Å²) in [5.41, 5.74) is 2.56. The maximum atomic E-state index is 12.8. The lowest BCUT2D eigenvalue weighted by molar-refractivity contribution is -0.207. The molecular formula is C19H26O3. The van der Waals surface area contributed by atoms with Crippen molar-refractivity contribution in [1.82, 2.24) is 0 Å². The lowest BCUT2D eigenvalue weighted by atomic mass is 9.68. The molecule has 3 aliphatic carbocycles. The summed E-state index contributed by atoms with van der Waals surface area (Å²) in [6, 6.07) is 0. The highest BCUT2D eigenvalue weighted by Crippen LogP contribution is 2.53. The first kappa shape index (κ1) is 14.6. The van der Waals surface area contributed by atoms with Crippen LogP contribution in [0, 0.1) is 23.7 Å². The fraction of sp³-hybridized carbons (Fsp3) is 0.737. The van der Waals surface area contributed by atoms with Crippen molar-refractivity contribution in [1.29, 1.82) is 0 Å². The summed E-state index contributed by atoms with van der Waals surface area (Å²) in [4.78, 5) is 12.8. The van der Waals surface area contributed by atoms with Crippen LogP contribution in [0.25, 0.3) is 0 Å². The number of allylic oxidation sites excluding steroid dienone is 4. The fourth-order valence-electron chi connectivity index (χ4n) is 5.14. The molecule has 0 aromatic carbocycles. The zero-order chi connectivity index (χ0) is 15.3. The number of hydrogen-bond acceptors (Lipinski definition) is 3. The molecule has 0 N–H and O–H groups in total. The zero-order valence-electron chi connectivity index (χ0n) is 13.6. The molecular weight excluding hydrogens is 276 g/mol. The lowest BCUT2D eigenvalue weighted by Crippen LogP contribution is -2.46. The van der Waals surface area contributed by atoms with Gasteiger partial charge in [-0.1, -0.05) is 31.6 Å². The molecule has 3 atom stereocenters. The van der Waals surface area contributed by atoms with E-state index in [1.807, 2.05) is 0 Å². The van der Waals surface area contributed by atoms with Crippen LogP contribution in [0.4, 0.5) is 0 Å². The van der Waals surface area contributed by atoms with Crippen LogP contribution in [-0.4, -0.2) is 24.8 Å². The van der Waals surface area contributed by atoms with E-state index in [0.29, 0.717) is 43.2 Å². The molecule has 0 saturated carbocycles. The van der Waals surface area contributed by atoms with Crippen LogP contribution in [0.3, 0.4) is 0 Å². The molecule has 4 rings (SSSR count). The summed E-state index contributed by atoms with van der Waals surface area (Å²) in [6.45, 7) is 5.90. The second-order valence-corrected chi connectivity index (χ2v) is 7.56. The van der Waals surface area contributed by atoms with Crippen molar-refractivity contribution in [2.24, 2.45) is 23.7 Å². The molecule has 22 heavy (non-hydrogen) atoms. The molecule has 0 aromatic heterocycles. The lowest BCUT2D eigenvalue weighted by Gasteiger charge is -2.42. The number of carbonyl (C=O) groups is 1. The van der Waals surface area contributed by atoms with Crippen molar-refractivity contribution in [3.8, 4) is 0 Å². The molecule has 0 radical (unpaired) electrons. The number of ether oxygens (including phenoxy) is 2. The maximum Gasteiger partial charge on any atom is 0.172 e. The number of hydrogen-bond donors (Lipinski definition) is 0. The Kier molecular flexibility index (Phi) is 3.54. The summed E-state index contributed by atoms with van der Waals surface area (Å²) >= 11 is 0. The van der Waals surface area contributed by atoms with Gasteiger partial charge in [0.25, 0.3) is 0 Å². The Morgan fingerprint density at radius 3 is 2.77 bits per heavy atom. The highest BCUT2D eigenvalue weighted by atomic mass is 16.7. The zero-order valence-corrected chi connectivity index (χ0v) is 13.6. The SMILES string of the molecule is CC(C)[C@H]1CCC2=C1[C@H]1C=CCCC3(OCCO3)[C@H]1CC2=O. The van der Waals surface area contributed by atoms with Gasteiger partial charge in [-0.15, -0.1) is 0 Å². The Labute approximate surface area is 132 Å². The Morgan fingerprint density at radius 1 is 1.27 bits per heavy atom. The van der Waals surface area contributed by atoms with Crippen molar-refractivity contribution in [3.63, 3.8) is 0 Å². The van der Waals surface area contributed by atoms with E-state index in [4.69, 9.17) is 9.47 Å². The number of Topliss-reactive ketones (excluding diaryl/α,β-unsaturated/α-hetero) is 1. The first-order chi connectivity index (χ1) is 10.6. The van der Waals surface area contributed by atoms with Gasteiger partial charge < -0.3 is 9.47 Å². The van der Waals surface area contributed by atoms with E-state index in [1.165, 1.54) is 5.57 Å². The minimum absolute atomic E-state index is 0.166. The Hall–Kier alpha value is -0.930. The van der Waals surface area contributed by atoms with Crippen molar-refractivity contribution >= 4 is 5.78 Å². The van der Waals surface area contributed by atoms with E-state index in [9.17, 15) is 4.79 Å². The largest absolute Gasteiger partial charge is 0.347 e. The number of ketones is 1. The minimum Gasteiger partial charge on any atom is -0.347 e. The first-order valence-corrected chi connectivity index (χ1v) is 8.83. The van der Waals surface area contributed by atoms with Gasteiger partial charge in [0, 0.05) is 24.7 Å². The van der Waals surface area contributed by atoms with Gasteiger partial charge >= 0.3 is 0 Å². The fourth-order valence-corrected chi connectivity index (χ4v) is 5.14. The molecule has 120 valence electrons. The minimum atomic E-state index is -0.521. The van der Waals surface area contributed by atoms with Crippen LogP contribution in [0.5, 0.6) is 0 Å². The molecule has 1 spiro atoms. The quantitative estimate of drug-likeness (QED) is 0.694.